The van der Waals surface area contributed by atoms with Crippen molar-refractivity contribution < 1.29 is 15.0 Å². The first-order valence-corrected chi connectivity index (χ1v) is 15.0. The number of benzene rings is 1. The lowest BCUT2D eigenvalue weighted by atomic mass is 9.77. The van der Waals surface area contributed by atoms with Gasteiger partial charge in [-0.25, -0.2) is 0 Å². The summed E-state index contributed by atoms with van der Waals surface area (Å²) in [5.41, 5.74) is 2.44. The van der Waals surface area contributed by atoms with Crippen molar-refractivity contribution in [2.24, 2.45) is 5.92 Å². The van der Waals surface area contributed by atoms with E-state index in [4.69, 9.17) is 0 Å². The summed E-state index contributed by atoms with van der Waals surface area (Å²) >= 11 is 0. The van der Waals surface area contributed by atoms with Crippen molar-refractivity contribution in [2.75, 3.05) is 0 Å². The van der Waals surface area contributed by atoms with E-state index in [0.29, 0.717) is 12.2 Å². The molecule has 0 aliphatic carbocycles. The van der Waals surface area contributed by atoms with E-state index in [-0.39, 0.29) is 16.7 Å². The Bertz CT molecular complexity index is 716. The van der Waals surface area contributed by atoms with Gasteiger partial charge in [-0.2, -0.15) is 0 Å². The van der Waals surface area contributed by atoms with E-state index in [9.17, 15) is 15.0 Å². The van der Waals surface area contributed by atoms with E-state index in [2.05, 4.69) is 48.5 Å². The Balaban J connectivity index is 2.45. The minimum atomic E-state index is -0.701. The van der Waals surface area contributed by atoms with E-state index >= 15 is 0 Å². The monoisotopic (exact) mass is 502 g/mol. The minimum absolute atomic E-state index is 0.201. The first-order chi connectivity index (χ1) is 16.9. The fourth-order valence-corrected chi connectivity index (χ4v) is 5.14. The topological polar surface area (TPSA) is 57.5 Å². The number of phenolic OH excluding ortho intramolecular Hbond substituents is 1. The lowest BCUT2D eigenvalue weighted by molar-refractivity contribution is -0.142. The van der Waals surface area contributed by atoms with Crippen LogP contribution in [0.5, 0.6) is 5.75 Å². The lowest BCUT2D eigenvalue weighted by Crippen LogP contribution is -2.20. The second-order valence-corrected chi connectivity index (χ2v) is 13.2. The number of carboxylic acids is 1. The molecule has 0 saturated heterocycles. The molecule has 1 rings (SSSR count). The van der Waals surface area contributed by atoms with Crippen molar-refractivity contribution in [2.45, 2.75) is 162 Å². The van der Waals surface area contributed by atoms with Gasteiger partial charge < -0.3 is 10.2 Å². The van der Waals surface area contributed by atoms with Gasteiger partial charge in [0.15, 0.2) is 0 Å². The Labute approximate surface area is 223 Å². The first kappa shape index (κ1) is 32.5. The number of hydrogen-bond acceptors (Lipinski definition) is 2. The molecule has 1 aromatic carbocycles. The number of hydrogen-bond donors (Lipinski definition) is 2. The second kappa shape index (κ2) is 16.4. The van der Waals surface area contributed by atoms with Crippen molar-refractivity contribution in [3.8, 4) is 5.75 Å². The molecule has 0 amide bonds. The largest absolute Gasteiger partial charge is 0.507 e. The highest BCUT2D eigenvalue weighted by Crippen LogP contribution is 2.40. The van der Waals surface area contributed by atoms with Crippen LogP contribution in [0.1, 0.15) is 161 Å². The number of aromatic hydroxyl groups is 1. The van der Waals surface area contributed by atoms with Crippen molar-refractivity contribution in [1.82, 2.24) is 0 Å². The van der Waals surface area contributed by atoms with Crippen molar-refractivity contribution in [3.63, 3.8) is 0 Å². The zero-order valence-corrected chi connectivity index (χ0v) is 24.8. The Morgan fingerprint density at radius 2 is 1.06 bits per heavy atom. The number of carboxylic acid groups (broad SMARTS) is 1. The average Bonchev–Trinajstić information content (AvgIpc) is 2.77. The summed E-state index contributed by atoms with van der Waals surface area (Å²) in [4.78, 5) is 12.1. The predicted octanol–water partition coefficient (Wildman–Crippen LogP) is 10.1. The molecule has 0 aliphatic heterocycles. The molecule has 208 valence electrons. The van der Waals surface area contributed by atoms with Crippen LogP contribution in [0.25, 0.3) is 0 Å². The Morgan fingerprint density at radius 3 is 1.39 bits per heavy atom. The molecule has 3 heteroatoms. The molecule has 0 aromatic heterocycles. The summed E-state index contributed by atoms with van der Waals surface area (Å²) < 4.78 is 0. The van der Waals surface area contributed by atoms with Gasteiger partial charge in [0.05, 0.1) is 5.92 Å². The molecule has 2 N–H and O–H groups in total. The van der Waals surface area contributed by atoms with Crippen LogP contribution in [-0.2, 0) is 22.0 Å². The standard InChI is InChI=1S/C33H58O3/c1-8-9-10-11-12-13-14-15-16-17-18-19-20-21-22-27(31(35)36)23-26-24-28(32(2,3)4)30(34)29(25-26)33(5,6)7/h24-25,27,34H,8-23H2,1-7H3,(H,35,36). The number of rotatable bonds is 18. The zero-order valence-electron chi connectivity index (χ0n) is 24.8. The molecule has 36 heavy (non-hydrogen) atoms. The zero-order chi connectivity index (χ0) is 27.2. The molecule has 1 unspecified atom stereocenters. The predicted molar refractivity (Wildman–Crippen MR) is 155 cm³/mol. The highest BCUT2D eigenvalue weighted by Gasteiger charge is 2.28. The maximum atomic E-state index is 12.1. The van der Waals surface area contributed by atoms with Crippen molar-refractivity contribution >= 4 is 5.97 Å². The van der Waals surface area contributed by atoms with Gasteiger partial charge in [0, 0.05) is 0 Å². The molecule has 0 radical (unpaired) electrons. The fraction of sp³-hybridized carbons (Fsp3) is 0.788. The maximum absolute atomic E-state index is 12.1. The first-order valence-electron chi connectivity index (χ1n) is 15.0. The quantitative estimate of drug-likeness (QED) is 0.196. The fourth-order valence-electron chi connectivity index (χ4n) is 5.14. The van der Waals surface area contributed by atoms with Crippen molar-refractivity contribution in [3.05, 3.63) is 28.8 Å². The minimum Gasteiger partial charge on any atom is -0.507 e. The summed E-state index contributed by atoms with van der Waals surface area (Å²) in [6.45, 7) is 14.9. The normalized spacial score (nSPS) is 13.2. The van der Waals surface area contributed by atoms with Gasteiger partial charge in [-0.1, -0.05) is 150 Å². The van der Waals surface area contributed by atoms with Crippen LogP contribution in [0.3, 0.4) is 0 Å². The second-order valence-electron chi connectivity index (χ2n) is 13.2. The molecule has 0 spiro atoms. The molecule has 1 aromatic rings. The lowest BCUT2D eigenvalue weighted by Gasteiger charge is -2.28. The molecule has 0 bridgehead atoms. The highest BCUT2D eigenvalue weighted by molar-refractivity contribution is 5.70. The summed E-state index contributed by atoms with van der Waals surface area (Å²) in [7, 11) is 0. The van der Waals surface area contributed by atoms with Crippen LogP contribution in [0.2, 0.25) is 0 Å². The third-order valence-corrected chi connectivity index (χ3v) is 7.52. The molecule has 3 nitrogen and oxygen atoms in total. The summed E-state index contributed by atoms with van der Waals surface area (Å²) in [6.07, 6.45) is 19.6. The van der Waals surface area contributed by atoms with Gasteiger partial charge in [0.2, 0.25) is 0 Å². The van der Waals surface area contributed by atoms with Crippen LogP contribution in [-0.4, -0.2) is 16.2 Å². The van der Waals surface area contributed by atoms with Crippen LogP contribution in [0, 0.1) is 5.92 Å². The van der Waals surface area contributed by atoms with Crippen LogP contribution in [0.4, 0.5) is 0 Å². The van der Waals surface area contributed by atoms with Crippen LogP contribution < -0.4 is 0 Å². The number of unbranched alkanes of at least 4 members (excludes halogenated alkanes) is 13. The molecule has 1 atom stereocenters. The number of carbonyl (C=O) groups is 1. The van der Waals surface area contributed by atoms with E-state index in [1.807, 2.05) is 12.1 Å². The van der Waals surface area contributed by atoms with Gasteiger partial charge in [0.1, 0.15) is 5.75 Å². The van der Waals surface area contributed by atoms with Gasteiger partial charge in [0.25, 0.3) is 0 Å². The Kier molecular flexibility index (Phi) is 14.8. The summed E-state index contributed by atoms with van der Waals surface area (Å²) in [5.74, 6) is -0.711. The SMILES string of the molecule is CCCCCCCCCCCCCCCCC(Cc1cc(C(C)(C)C)c(O)c(C(C)(C)C)c1)C(=O)O. The molecule has 0 heterocycles. The number of aliphatic carboxylic acids is 1. The molecular formula is C33H58O3. The molecule has 0 saturated carbocycles. The molecule has 0 aliphatic rings. The van der Waals surface area contributed by atoms with Crippen LogP contribution in [0.15, 0.2) is 12.1 Å². The van der Waals surface area contributed by atoms with E-state index in [1.54, 1.807) is 0 Å². The maximum Gasteiger partial charge on any atom is 0.306 e. The van der Waals surface area contributed by atoms with E-state index in [1.165, 1.54) is 77.0 Å². The highest BCUT2D eigenvalue weighted by atomic mass is 16.4. The molecule has 0 fully saturated rings. The summed E-state index contributed by atoms with van der Waals surface area (Å²) in [5, 5.41) is 20.9. The van der Waals surface area contributed by atoms with Crippen molar-refractivity contribution in [1.29, 1.82) is 0 Å². The van der Waals surface area contributed by atoms with E-state index < -0.39 is 5.97 Å². The Hall–Kier alpha value is -1.51. The summed E-state index contributed by atoms with van der Waals surface area (Å²) in [6, 6.07) is 4.07. The number of phenols is 1. The smallest absolute Gasteiger partial charge is 0.306 e. The van der Waals surface area contributed by atoms with Gasteiger partial charge >= 0.3 is 5.97 Å². The van der Waals surface area contributed by atoms with Gasteiger partial charge in [-0.15, -0.1) is 0 Å². The van der Waals surface area contributed by atoms with Gasteiger partial charge in [-0.05, 0) is 40.4 Å². The Morgan fingerprint density at radius 1 is 0.694 bits per heavy atom. The average molecular weight is 503 g/mol. The van der Waals surface area contributed by atoms with Crippen LogP contribution >= 0.6 is 0 Å². The third-order valence-electron chi connectivity index (χ3n) is 7.52. The van der Waals surface area contributed by atoms with Gasteiger partial charge in [-0.3, -0.25) is 4.79 Å². The van der Waals surface area contributed by atoms with E-state index in [0.717, 1.165) is 36.0 Å². The third kappa shape index (κ3) is 12.6. The molecular weight excluding hydrogens is 444 g/mol.